The van der Waals surface area contributed by atoms with E-state index in [1.54, 1.807) is 18.5 Å². The van der Waals surface area contributed by atoms with Crippen molar-refractivity contribution in [1.29, 1.82) is 0 Å². The molecule has 0 radical (unpaired) electrons. The Kier molecular flexibility index (Phi) is 10.2. The molecule has 38 heavy (non-hydrogen) atoms. The Morgan fingerprint density at radius 1 is 0.763 bits per heavy atom. The third kappa shape index (κ3) is 8.64. The van der Waals surface area contributed by atoms with E-state index in [2.05, 4.69) is 25.1 Å². The number of nitrogens with zero attached hydrogens (tertiary/aromatic N) is 5. The van der Waals surface area contributed by atoms with Crippen LogP contribution in [0, 0.1) is 0 Å². The number of hydrogen-bond acceptors (Lipinski definition) is 6. The molecule has 2 aliphatic rings. The van der Waals surface area contributed by atoms with Crippen LogP contribution in [0.5, 0.6) is 0 Å². The number of carbonyl (C=O) groups is 2. The summed E-state index contributed by atoms with van der Waals surface area (Å²) in [5, 5.41) is 11.6. The van der Waals surface area contributed by atoms with Gasteiger partial charge in [-0.2, -0.15) is 0 Å². The molecule has 9 nitrogen and oxygen atoms in total. The van der Waals surface area contributed by atoms with Crippen LogP contribution >= 0.6 is 0 Å². The maximum Gasteiger partial charge on any atom is 0.407 e. The molecule has 0 unspecified atom stereocenters. The highest BCUT2D eigenvalue weighted by Gasteiger charge is 2.20. The van der Waals surface area contributed by atoms with Crippen molar-refractivity contribution in [3.8, 4) is 0 Å². The summed E-state index contributed by atoms with van der Waals surface area (Å²) >= 11 is 0. The van der Waals surface area contributed by atoms with Gasteiger partial charge in [0, 0.05) is 63.4 Å². The maximum atomic E-state index is 12.2. The fourth-order valence-corrected chi connectivity index (χ4v) is 4.61. The third-order valence-corrected chi connectivity index (χ3v) is 6.75. The lowest BCUT2D eigenvalue weighted by molar-refractivity contribution is 0.102. The second-order valence-corrected chi connectivity index (χ2v) is 9.61. The zero-order valence-electron chi connectivity index (χ0n) is 21.7. The number of aromatic nitrogens is 2. The van der Waals surface area contributed by atoms with Crippen LogP contribution < -0.4 is 5.32 Å². The summed E-state index contributed by atoms with van der Waals surface area (Å²) < 4.78 is 0. The number of pyridine rings is 2. The molecule has 5 rings (SSSR count). The van der Waals surface area contributed by atoms with Gasteiger partial charge in [0.25, 0.3) is 5.91 Å². The van der Waals surface area contributed by atoms with Gasteiger partial charge in [0.15, 0.2) is 0 Å². The SMILES string of the molecule is O=C(Nc1ccccn1)c1ccc(CN2CCCCC2)cc1.O=C(O)N1CCN(Cc2cccnc2)CC1. The van der Waals surface area contributed by atoms with Crippen molar-refractivity contribution in [2.24, 2.45) is 0 Å². The van der Waals surface area contributed by atoms with Crippen LogP contribution in [0.15, 0.2) is 73.2 Å². The van der Waals surface area contributed by atoms with Gasteiger partial charge in [-0.3, -0.25) is 19.6 Å². The van der Waals surface area contributed by atoms with E-state index >= 15 is 0 Å². The van der Waals surface area contributed by atoms with Crippen LogP contribution in [0.3, 0.4) is 0 Å². The van der Waals surface area contributed by atoms with E-state index in [1.807, 2.05) is 54.7 Å². The molecule has 2 amide bonds. The first-order chi connectivity index (χ1) is 18.6. The van der Waals surface area contributed by atoms with Gasteiger partial charge in [0.2, 0.25) is 0 Å². The van der Waals surface area contributed by atoms with E-state index in [0.29, 0.717) is 24.5 Å². The standard InChI is InChI=1S/C18H21N3O.C11H15N3O2/c22-18(20-17-6-2-3-11-19-17)16-9-7-15(8-10-16)14-21-12-4-1-5-13-21;15-11(16)14-6-4-13(5-7-14)9-10-2-1-3-12-8-10/h2-3,6-11H,1,4-5,12-14H2,(H,19,20,22);1-3,8H,4-7,9H2,(H,15,16). The predicted molar refractivity (Wildman–Crippen MR) is 147 cm³/mol. The second kappa shape index (κ2) is 14.2. The summed E-state index contributed by atoms with van der Waals surface area (Å²) in [5.41, 5.74) is 3.09. The molecule has 0 saturated carbocycles. The quantitative estimate of drug-likeness (QED) is 0.506. The van der Waals surface area contributed by atoms with E-state index in [9.17, 15) is 9.59 Å². The lowest BCUT2D eigenvalue weighted by Gasteiger charge is -2.32. The van der Waals surface area contributed by atoms with Crippen LogP contribution in [0.25, 0.3) is 0 Å². The molecule has 9 heteroatoms. The summed E-state index contributed by atoms with van der Waals surface area (Å²) in [5.74, 6) is 0.452. The van der Waals surface area contributed by atoms with Crippen LogP contribution in [0.2, 0.25) is 0 Å². The largest absolute Gasteiger partial charge is 0.465 e. The number of benzene rings is 1. The molecule has 1 aromatic carbocycles. The molecule has 2 saturated heterocycles. The lowest BCUT2D eigenvalue weighted by atomic mass is 10.1. The second-order valence-electron chi connectivity index (χ2n) is 9.61. The minimum absolute atomic E-state index is 0.122. The highest BCUT2D eigenvalue weighted by Crippen LogP contribution is 2.14. The number of carbonyl (C=O) groups excluding carboxylic acids is 1. The molecule has 0 bridgehead atoms. The number of anilines is 1. The van der Waals surface area contributed by atoms with Crippen LogP contribution in [0.1, 0.15) is 40.7 Å². The zero-order valence-corrected chi connectivity index (χ0v) is 21.7. The Morgan fingerprint density at radius 2 is 1.47 bits per heavy atom. The molecule has 3 aromatic rings. The summed E-state index contributed by atoms with van der Waals surface area (Å²) in [6, 6.07) is 17.3. The first-order valence-electron chi connectivity index (χ1n) is 13.2. The highest BCUT2D eigenvalue weighted by molar-refractivity contribution is 6.03. The van der Waals surface area contributed by atoms with E-state index in [4.69, 9.17) is 5.11 Å². The fraction of sp³-hybridized carbons (Fsp3) is 0.379. The number of rotatable bonds is 6. The third-order valence-electron chi connectivity index (χ3n) is 6.75. The molecule has 200 valence electrons. The normalized spacial score (nSPS) is 16.3. The van der Waals surface area contributed by atoms with E-state index in [0.717, 1.165) is 26.2 Å². The monoisotopic (exact) mass is 516 g/mol. The highest BCUT2D eigenvalue weighted by atomic mass is 16.4. The number of likely N-dealkylation sites (tertiary alicyclic amines) is 1. The fourth-order valence-electron chi connectivity index (χ4n) is 4.61. The van der Waals surface area contributed by atoms with E-state index in [1.165, 1.54) is 48.4 Å². The van der Waals surface area contributed by atoms with Crippen molar-refractivity contribution in [3.05, 3.63) is 89.9 Å². The smallest absolute Gasteiger partial charge is 0.407 e. The Balaban J connectivity index is 0.000000186. The molecule has 2 aromatic heterocycles. The maximum absolute atomic E-state index is 12.2. The van der Waals surface area contributed by atoms with Crippen molar-refractivity contribution < 1.29 is 14.7 Å². The molecule has 2 aliphatic heterocycles. The molecule has 0 atom stereocenters. The zero-order chi connectivity index (χ0) is 26.6. The summed E-state index contributed by atoms with van der Waals surface area (Å²) in [4.78, 5) is 37.2. The van der Waals surface area contributed by atoms with Gasteiger partial charge in [-0.05, 0) is 67.4 Å². The van der Waals surface area contributed by atoms with Gasteiger partial charge in [0.05, 0.1) is 0 Å². The molecule has 0 spiro atoms. The van der Waals surface area contributed by atoms with Gasteiger partial charge < -0.3 is 15.3 Å². The minimum Gasteiger partial charge on any atom is -0.465 e. The van der Waals surface area contributed by atoms with Crippen molar-refractivity contribution >= 4 is 17.8 Å². The first kappa shape index (κ1) is 27.2. The summed E-state index contributed by atoms with van der Waals surface area (Å²) in [6.07, 6.45) is 8.39. The first-order valence-corrected chi connectivity index (χ1v) is 13.2. The van der Waals surface area contributed by atoms with Gasteiger partial charge >= 0.3 is 6.09 Å². The van der Waals surface area contributed by atoms with Gasteiger partial charge in [-0.15, -0.1) is 0 Å². The van der Waals surface area contributed by atoms with Crippen LogP contribution in [-0.2, 0) is 13.1 Å². The lowest BCUT2D eigenvalue weighted by Crippen LogP contribution is -2.47. The minimum atomic E-state index is -0.818. The number of piperidine rings is 1. The summed E-state index contributed by atoms with van der Waals surface area (Å²) in [6.45, 7) is 6.96. The number of hydrogen-bond donors (Lipinski definition) is 2. The molecule has 2 fully saturated rings. The Labute approximate surface area is 224 Å². The van der Waals surface area contributed by atoms with Gasteiger partial charge in [0.1, 0.15) is 5.82 Å². The number of piperazine rings is 1. The molecule has 2 N–H and O–H groups in total. The van der Waals surface area contributed by atoms with Crippen molar-refractivity contribution in [2.45, 2.75) is 32.4 Å². The number of amides is 2. The molecule has 0 aliphatic carbocycles. The predicted octanol–water partition coefficient (Wildman–Crippen LogP) is 4.20. The summed E-state index contributed by atoms with van der Waals surface area (Å²) in [7, 11) is 0. The van der Waals surface area contributed by atoms with Crippen molar-refractivity contribution in [2.75, 3.05) is 44.6 Å². The van der Waals surface area contributed by atoms with Gasteiger partial charge in [-0.1, -0.05) is 30.7 Å². The number of nitrogens with one attached hydrogen (secondary N) is 1. The Bertz CT molecular complexity index is 1130. The van der Waals surface area contributed by atoms with Crippen molar-refractivity contribution in [1.82, 2.24) is 24.7 Å². The average molecular weight is 517 g/mol. The van der Waals surface area contributed by atoms with Crippen LogP contribution in [-0.4, -0.2) is 81.0 Å². The number of carboxylic acid groups (broad SMARTS) is 1. The van der Waals surface area contributed by atoms with Crippen LogP contribution in [0.4, 0.5) is 10.6 Å². The Hall–Kier alpha value is -3.82. The topological polar surface area (TPSA) is 102 Å². The van der Waals surface area contributed by atoms with E-state index < -0.39 is 6.09 Å². The van der Waals surface area contributed by atoms with Crippen molar-refractivity contribution in [3.63, 3.8) is 0 Å². The van der Waals surface area contributed by atoms with Gasteiger partial charge in [-0.25, -0.2) is 9.78 Å². The average Bonchev–Trinajstić information content (AvgIpc) is 2.96. The Morgan fingerprint density at radius 3 is 2.11 bits per heavy atom. The molecule has 4 heterocycles. The molecular weight excluding hydrogens is 480 g/mol. The van der Waals surface area contributed by atoms with E-state index in [-0.39, 0.29) is 5.91 Å². The molecular formula is C29H36N6O3.